The average Bonchev–Trinajstić information content (AvgIpc) is 2.81. The highest BCUT2D eigenvalue weighted by molar-refractivity contribution is 6.05. The number of rotatable bonds is 4. The van der Waals surface area contributed by atoms with E-state index >= 15 is 0 Å². The molecule has 176 valence electrons. The van der Waals surface area contributed by atoms with E-state index in [2.05, 4.69) is 15.2 Å². The lowest BCUT2D eigenvalue weighted by atomic mass is 9.94. The van der Waals surface area contributed by atoms with Gasteiger partial charge in [-0.15, -0.1) is 0 Å². The van der Waals surface area contributed by atoms with E-state index in [1.807, 2.05) is 26.0 Å². The molecule has 0 atom stereocenters. The lowest BCUT2D eigenvalue weighted by Gasteiger charge is -2.34. The molecule has 0 aliphatic carbocycles. The van der Waals surface area contributed by atoms with Crippen molar-refractivity contribution in [3.05, 3.63) is 52.7 Å². The number of piperidine rings is 1. The van der Waals surface area contributed by atoms with Crippen LogP contribution < -0.4 is 10.2 Å². The maximum absolute atomic E-state index is 14.1. The van der Waals surface area contributed by atoms with Crippen molar-refractivity contribution in [1.82, 2.24) is 9.88 Å². The first-order valence-corrected chi connectivity index (χ1v) is 11.4. The number of carbonyl (C=O) groups is 2. The standard InChI is InChI=1S/C25H31FN4O3/c1-17-14-18(2)21(15-20(17)24(32)30-8-6-25(3,26)7-9-30)28-23(31)19-4-5-22(27-16-19)29-10-12-33-13-11-29/h4-5,14-16H,6-13H2,1-3H3,(H,28,31). The number of aryl methyl sites for hydroxylation is 2. The van der Waals surface area contributed by atoms with Crippen molar-refractivity contribution in [2.45, 2.75) is 39.3 Å². The largest absolute Gasteiger partial charge is 0.378 e. The number of halogens is 1. The lowest BCUT2D eigenvalue weighted by molar-refractivity contribution is 0.0503. The van der Waals surface area contributed by atoms with Crippen LogP contribution in [0.15, 0.2) is 30.5 Å². The van der Waals surface area contributed by atoms with Crippen LogP contribution in [0.3, 0.4) is 0 Å². The highest BCUT2D eigenvalue weighted by atomic mass is 19.1. The van der Waals surface area contributed by atoms with Gasteiger partial charge in [0.15, 0.2) is 0 Å². The number of amides is 2. The van der Waals surface area contributed by atoms with Crippen molar-refractivity contribution >= 4 is 23.3 Å². The zero-order valence-electron chi connectivity index (χ0n) is 19.5. The molecule has 2 fully saturated rings. The average molecular weight is 455 g/mol. The van der Waals surface area contributed by atoms with Gasteiger partial charge in [-0.2, -0.15) is 0 Å². The number of morpholine rings is 1. The van der Waals surface area contributed by atoms with Crippen LogP contribution in [-0.4, -0.2) is 66.8 Å². The summed E-state index contributed by atoms with van der Waals surface area (Å²) < 4.78 is 19.5. The predicted molar refractivity (Wildman–Crippen MR) is 126 cm³/mol. The topological polar surface area (TPSA) is 74.8 Å². The van der Waals surface area contributed by atoms with Crippen molar-refractivity contribution < 1.29 is 18.7 Å². The summed E-state index contributed by atoms with van der Waals surface area (Å²) >= 11 is 0. The molecule has 1 aromatic carbocycles. The number of hydrogen-bond donors (Lipinski definition) is 1. The van der Waals surface area contributed by atoms with Gasteiger partial charge in [0.2, 0.25) is 0 Å². The molecular weight excluding hydrogens is 423 g/mol. The predicted octanol–water partition coefficient (Wildman–Crippen LogP) is 3.75. The second kappa shape index (κ2) is 9.47. The zero-order valence-corrected chi connectivity index (χ0v) is 19.5. The number of nitrogens with zero attached hydrogens (tertiary/aromatic N) is 3. The number of ether oxygens (including phenoxy) is 1. The summed E-state index contributed by atoms with van der Waals surface area (Å²) in [6.07, 6.45) is 2.23. The van der Waals surface area contributed by atoms with E-state index in [-0.39, 0.29) is 11.8 Å². The third kappa shape index (κ3) is 5.33. The first-order chi connectivity index (χ1) is 15.7. The van der Waals surface area contributed by atoms with Crippen LogP contribution >= 0.6 is 0 Å². The van der Waals surface area contributed by atoms with Gasteiger partial charge < -0.3 is 19.9 Å². The third-order valence-corrected chi connectivity index (χ3v) is 6.49. The van der Waals surface area contributed by atoms with Gasteiger partial charge in [-0.1, -0.05) is 6.07 Å². The fourth-order valence-corrected chi connectivity index (χ4v) is 4.26. The molecule has 7 nitrogen and oxygen atoms in total. The molecule has 3 heterocycles. The minimum absolute atomic E-state index is 0.130. The van der Waals surface area contributed by atoms with Gasteiger partial charge in [0.05, 0.1) is 18.8 Å². The molecule has 2 aliphatic rings. The number of hydrogen-bond acceptors (Lipinski definition) is 5. The summed E-state index contributed by atoms with van der Waals surface area (Å²) in [5.41, 5.74) is 2.03. The minimum Gasteiger partial charge on any atom is -0.378 e. The lowest BCUT2D eigenvalue weighted by Crippen LogP contribution is -2.43. The molecular formula is C25H31FN4O3. The van der Waals surface area contributed by atoms with Crippen LogP contribution in [0.1, 0.15) is 51.6 Å². The molecule has 0 spiro atoms. The van der Waals surface area contributed by atoms with Crippen molar-refractivity contribution in [2.75, 3.05) is 49.6 Å². The van der Waals surface area contributed by atoms with Gasteiger partial charge in [0, 0.05) is 43.6 Å². The SMILES string of the molecule is Cc1cc(C)c(C(=O)N2CCC(C)(F)CC2)cc1NC(=O)c1ccc(N2CCOCC2)nc1. The summed E-state index contributed by atoms with van der Waals surface area (Å²) in [5.74, 6) is 0.405. The Morgan fingerprint density at radius 3 is 2.39 bits per heavy atom. The van der Waals surface area contributed by atoms with Crippen molar-refractivity contribution in [1.29, 1.82) is 0 Å². The van der Waals surface area contributed by atoms with Crippen LogP contribution in [0, 0.1) is 13.8 Å². The molecule has 8 heteroatoms. The normalized spacial score (nSPS) is 18.2. The first-order valence-electron chi connectivity index (χ1n) is 11.4. The number of aromatic nitrogens is 1. The highest BCUT2D eigenvalue weighted by Crippen LogP contribution is 2.28. The van der Waals surface area contributed by atoms with E-state index in [0.29, 0.717) is 56.0 Å². The monoisotopic (exact) mass is 454 g/mol. The summed E-state index contributed by atoms with van der Waals surface area (Å²) in [4.78, 5) is 34.2. The molecule has 0 radical (unpaired) electrons. The minimum atomic E-state index is -1.22. The number of likely N-dealkylation sites (tertiary alicyclic amines) is 1. The second-order valence-electron chi connectivity index (χ2n) is 9.15. The van der Waals surface area contributed by atoms with Gasteiger partial charge in [0.25, 0.3) is 11.8 Å². The van der Waals surface area contributed by atoms with Crippen LogP contribution in [0.2, 0.25) is 0 Å². The fourth-order valence-electron chi connectivity index (χ4n) is 4.26. The molecule has 4 rings (SSSR count). The van der Waals surface area contributed by atoms with Gasteiger partial charge in [-0.05, 0) is 62.9 Å². The number of benzene rings is 1. The third-order valence-electron chi connectivity index (χ3n) is 6.49. The van der Waals surface area contributed by atoms with E-state index in [4.69, 9.17) is 4.74 Å². The molecule has 33 heavy (non-hydrogen) atoms. The fraction of sp³-hybridized carbons (Fsp3) is 0.480. The van der Waals surface area contributed by atoms with Gasteiger partial charge in [-0.3, -0.25) is 9.59 Å². The Labute approximate surface area is 193 Å². The molecule has 2 aliphatic heterocycles. The number of anilines is 2. The number of nitrogens with one attached hydrogen (secondary N) is 1. The maximum Gasteiger partial charge on any atom is 0.257 e. The zero-order chi connectivity index (χ0) is 23.6. The summed E-state index contributed by atoms with van der Waals surface area (Å²) in [6, 6.07) is 7.21. The van der Waals surface area contributed by atoms with E-state index in [1.165, 1.54) is 0 Å². The smallest absolute Gasteiger partial charge is 0.257 e. The van der Waals surface area contributed by atoms with Gasteiger partial charge in [0.1, 0.15) is 11.5 Å². The maximum atomic E-state index is 14.1. The molecule has 1 N–H and O–H groups in total. The van der Waals surface area contributed by atoms with Crippen molar-refractivity contribution in [3.63, 3.8) is 0 Å². The quantitative estimate of drug-likeness (QED) is 0.762. The van der Waals surface area contributed by atoms with Crippen LogP contribution in [0.25, 0.3) is 0 Å². The van der Waals surface area contributed by atoms with Crippen LogP contribution in [0.5, 0.6) is 0 Å². The molecule has 0 saturated carbocycles. The van der Waals surface area contributed by atoms with Crippen molar-refractivity contribution in [2.24, 2.45) is 0 Å². The number of carbonyl (C=O) groups excluding carboxylic acids is 2. The summed E-state index contributed by atoms with van der Waals surface area (Å²) in [6.45, 7) is 9.03. The summed E-state index contributed by atoms with van der Waals surface area (Å²) in [5, 5.41) is 2.92. The number of pyridine rings is 1. The van der Waals surface area contributed by atoms with Crippen LogP contribution in [-0.2, 0) is 4.74 Å². The Hall–Kier alpha value is -3.00. The van der Waals surface area contributed by atoms with E-state index < -0.39 is 5.67 Å². The van der Waals surface area contributed by atoms with E-state index in [0.717, 1.165) is 30.0 Å². The summed E-state index contributed by atoms with van der Waals surface area (Å²) in [7, 11) is 0. The van der Waals surface area contributed by atoms with Crippen LogP contribution in [0.4, 0.5) is 15.9 Å². The Morgan fingerprint density at radius 1 is 1.06 bits per heavy atom. The molecule has 0 bridgehead atoms. The van der Waals surface area contributed by atoms with Crippen molar-refractivity contribution in [3.8, 4) is 0 Å². The number of alkyl halides is 1. The highest BCUT2D eigenvalue weighted by Gasteiger charge is 2.32. The second-order valence-corrected chi connectivity index (χ2v) is 9.15. The Morgan fingerprint density at radius 2 is 1.76 bits per heavy atom. The van der Waals surface area contributed by atoms with Gasteiger partial charge in [-0.25, -0.2) is 9.37 Å². The van der Waals surface area contributed by atoms with E-state index in [9.17, 15) is 14.0 Å². The molecule has 2 amide bonds. The molecule has 1 aromatic heterocycles. The first kappa shape index (κ1) is 23.2. The Kier molecular flexibility index (Phi) is 6.65. The molecule has 2 aromatic rings. The van der Waals surface area contributed by atoms with E-state index in [1.54, 1.807) is 30.2 Å². The molecule has 0 unspecified atom stereocenters. The Bertz CT molecular complexity index is 1020. The van der Waals surface area contributed by atoms with Gasteiger partial charge >= 0.3 is 0 Å². The molecule has 2 saturated heterocycles. The Balaban J connectivity index is 1.47.